The largest absolute Gasteiger partial charge is 0.405 e. The molecule has 1 heterocycles. The number of rotatable bonds is 2. The molecule has 0 saturated carbocycles. The van der Waals surface area contributed by atoms with Gasteiger partial charge in [0, 0.05) is 12.6 Å². The third-order valence-corrected chi connectivity index (χ3v) is 2.49. The molecule has 2 atom stereocenters. The van der Waals surface area contributed by atoms with E-state index in [9.17, 15) is 18.0 Å². The first-order valence-electron chi connectivity index (χ1n) is 4.96. The lowest BCUT2D eigenvalue weighted by Gasteiger charge is -2.26. The van der Waals surface area contributed by atoms with Gasteiger partial charge in [0.05, 0.1) is 5.92 Å². The first-order valence-corrected chi connectivity index (χ1v) is 4.96. The Morgan fingerprint density at radius 3 is 2.60 bits per heavy atom. The van der Waals surface area contributed by atoms with Crippen molar-refractivity contribution in [1.82, 2.24) is 10.6 Å². The topological polar surface area (TPSA) is 41.1 Å². The van der Waals surface area contributed by atoms with Crippen molar-refractivity contribution < 1.29 is 18.0 Å². The van der Waals surface area contributed by atoms with E-state index >= 15 is 0 Å². The summed E-state index contributed by atoms with van der Waals surface area (Å²) in [5.74, 6) is -0.838. The van der Waals surface area contributed by atoms with Gasteiger partial charge in [0.15, 0.2) is 0 Å². The summed E-state index contributed by atoms with van der Waals surface area (Å²) in [5.41, 5.74) is 0. The molecule has 0 aliphatic carbocycles. The number of amides is 1. The SMILES string of the molecule is CC1CCC(C(=O)NCC(F)(F)F)CN1. The quantitative estimate of drug-likeness (QED) is 0.736. The first-order chi connectivity index (χ1) is 6.88. The van der Waals surface area contributed by atoms with Crippen molar-refractivity contribution in [1.29, 1.82) is 0 Å². The van der Waals surface area contributed by atoms with Gasteiger partial charge in [-0.25, -0.2) is 0 Å². The van der Waals surface area contributed by atoms with Crippen LogP contribution in [-0.2, 0) is 4.79 Å². The zero-order valence-corrected chi connectivity index (χ0v) is 8.53. The molecule has 0 bridgehead atoms. The number of halogens is 3. The van der Waals surface area contributed by atoms with Crippen LogP contribution in [-0.4, -0.2) is 31.2 Å². The molecule has 0 aromatic rings. The van der Waals surface area contributed by atoms with E-state index in [0.717, 1.165) is 6.42 Å². The molecule has 2 N–H and O–H groups in total. The molecule has 1 rings (SSSR count). The average Bonchev–Trinajstić information content (AvgIpc) is 2.14. The summed E-state index contributed by atoms with van der Waals surface area (Å²) in [6.45, 7) is 1.21. The van der Waals surface area contributed by atoms with E-state index in [0.29, 0.717) is 19.0 Å². The van der Waals surface area contributed by atoms with Crippen LogP contribution in [0.5, 0.6) is 0 Å². The highest BCUT2D eigenvalue weighted by molar-refractivity contribution is 5.79. The predicted molar refractivity (Wildman–Crippen MR) is 49.3 cm³/mol. The van der Waals surface area contributed by atoms with Gasteiger partial charge in [0.1, 0.15) is 6.54 Å². The molecule has 6 heteroatoms. The van der Waals surface area contributed by atoms with Gasteiger partial charge >= 0.3 is 6.18 Å². The van der Waals surface area contributed by atoms with Crippen LogP contribution in [0.3, 0.4) is 0 Å². The Morgan fingerprint density at radius 1 is 1.47 bits per heavy atom. The number of alkyl halides is 3. The number of carbonyl (C=O) groups excluding carboxylic acids is 1. The maximum absolute atomic E-state index is 11.8. The van der Waals surface area contributed by atoms with Crippen LogP contribution in [0, 0.1) is 5.92 Å². The third-order valence-electron chi connectivity index (χ3n) is 2.49. The van der Waals surface area contributed by atoms with Gasteiger partial charge in [0.2, 0.25) is 5.91 Å². The van der Waals surface area contributed by atoms with Crippen LogP contribution in [0.1, 0.15) is 19.8 Å². The monoisotopic (exact) mass is 224 g/mol. The Kier molecular flexibility index (Phi) is 3.96. The van der Waals surface area contributed by atoms with Gasteiger partial charge in [0.25, 0.3) is 0 Å². The molecule has 2 unspecified atom stereocenters. The highest BCUT2D eigenvalue weighted by atomic mass is 19.4. The lowest BCUT2D eigenvalue weighted by atomic mass is 9.95. The Hall–Kier alpha value is -0.780. The van der Waals surface area contributed by atoms with E-state index in [4.69, 9.17) is 0 Å². The van der Waals surface area contributed by atoms with Crippen molar-refractivity contribution in [3.8, 4) is 0 Å². The minimum atomic E-state index is -4.33. The number of hydrogen-bond acceptors (Lipinski definition) is 2. The summed E-state index contributed by atoms with van der Waals surface area (Å²) in [5, 5.41) is 4.97. The maximum atomic E-state index is 11.8. The molecular weight excluding hydrogens is 209 g/mol. The normalized spacial score (nSPS) is 27.5. The molecule has 0 aromatic heterocycles. The van der Waals surface area contributed by atoms with Crippen LogP contribution in [0.15, 0.2) is 0 Å². The van der Waals surface area contributed by atoms with Gasteiger partial charge in [-0.05, 0) is 19.8 Å². The molecule has 0 spiro atoms. The fourth-order valence-corrected chi connectivity index (χ4v) is 1.55. The van der Waals surface area contributed by atoms with Crippen molar-refractivity contribution in [3.05, 3.63) is 0 Å². The number of carbonyl (C=O) groups is 1. The summed E-state index contributed by atoms with van der Waals surface area (Å²) < 4.78 is 35.4. The van der Waals surface area contributed by atoms with Crippen LogP contribution >= 0.6 is 0 Å². The zero-order valence-electron chi connectivity index (χ0n) is 8.53. The lowest BCUT2D eigenvalue weighted by molar-refractivity contribution is -0.141. The summed E-state index contributed by atoms with van der Waals surface area (Å²) in [6, 6.07) is 0.344. The van der Waals surface area contributed by atoms with Gasteiger partial charge < -0.3 is 10.6 Å². The van der Waals surface area contributed by atoms with Crippen molar-refractivity contribution in [2.24, 2.45) is 5.92 Å². The fraction of sp³-hybridized carbons (Fsp3) is 0.889. The van der Waals surface area contributed by atoms with Gasteiger partial charge in [-0.3, -0.25) is 4.79 Å². The van der Waals surface area contributed by atoms with E-state index in [-0.39, 0.29) is 5.92 Å². The Bertz CT molecular complexity index is 222. The molecule has 0 aromatic carbocycles. The molecule has 3 nitrogen and oxygen atoms in total. The standard InChI is InChI=1S/C9H15F3N2O/c1-6-2-3-7(4-13-6)8(15)14-5-9(10,11)12/h6-7,13H,2-5H2,1H3,(H,14,15). The van der Waals surface area contributed by atoms with Crippen LogP contribution in [0.25, 0.3) is 0 Å². The van der Waals surface area contributed by atoms with Gasteiger partial charge in [-0.15, -0.1) is 0 Å². The predicted octanol–water partition coefficient (Wildman–Crippen LogP) is 1.05. The second-order valence-electron chi connectivity index (χ2n) is 3.92. The average molecular weight is 224 g/mol. The number of piperidine rings is 1. The summed E-state index contributed by atoms with van der Waals surface area (Å²) in [7, 11) is 0. The van der Waals surface area contributed by atoms with E-state index in [1.807, 2.05) is 12.2 Å². The first kappa shape index (κ1) is 12.3. The highest BCUT2D eigenvalue weighted by Gasteiger charge is 2.30. The smallest absolute Gasteiger partial charge is 0.347 e. The molecular formula is C9H15F3N2O. The molecule has 1 aliphatic rings. The van der Waals surface area contributed by atoms with Crippen molar-refractivity contribution in [3.63, 3.8) is 0 Å². The van der Waals surface area contributed by atoms with Gasteiger partial charge in [-0.1, -0.05) is 0 Å². The lowest BCUT2D eigenvalue weighted by Crippen LogP contribution is -2.45. The second-order valence-corrected chi connectivity index (χ2v) is 3.92. The Balaban J connectivity index is 2.29. The van der Waals surface area contributed by atoms with E-state index < -0.39 is 18.6 Å². The molecule has 1 aliphatic heterocycles. The van der Waals surface area contributed by atoms with Crippen molar-refractivity contribution in [2.45, 2.75) is 32.0 Å². The summed E-state index contributed by atoms with van der Waals surface area (Å²) in [6.07, 6.45) is -2.85. The molecule has 88 valence electrons. The van der Waals surface area contributed by atoms with E-state index in [2.05, 4.69) is 5.32 Å². The molecule has 1 amide bonds. The van der Waals surface area contributed by atoms with E-state index in [1.165, 1.54) is 0 Å². The van der Waals surface area contributed by atoms with E-state index in [1.54, 1.807) is 0 Å². The number of nitrogens with one attached hydrogen (secondary N) is 2. The zero-order chi connectivity index (χ0) is 11.5. The van der Waals surface area contributed by atoms with Crippen molar-refractivity contribution >= 4 is 5.91 Å². The highest BCUT2D eigenvalue weighted by Crippen LogP contribution is 2.16. The summed E-state index contributed by atoms with van der Waals surface area (Å²) in [4.78, 5) is 11.3. The molecule has 15 heavy (non-hydrogen) atoms. The minimum absolute atomic E-state index is 0.330. The van der Waals surface area contributed by atoms with Crippen molar-refractivity contribution in [2.75, 3.05) is 13.1 Å². The molecule has 1 saturated heterocycles. The minimum Gasteiger partial charge on any atom is -0.347 e. The van der Waals surface area contributed by atoms with Crippen LogP contribution in [0.2, 0.25) is 0 Å². The number of hydrogen-bond donors (Lipinski definition) is 2. The Labute approximate surface area is 86.4 Å². The fourth-order valence-electron chi connectivity index (χ4n) is 1.55. The Morgan fingerprint density at radius 2 is 2.13 bits per heavy atom. The molecule has 0 radical (unpaired) electrons. The maximum Gasteiger partial charge on any atom is 0.405 e. The third kappa shape index (κ3) is 4.51. The van der Waals surface area contributed by atoms with Crippen LogP contribution < -0.4 is 10.6 Å². The second kappa shape index (κ2) is 4.83. The summed E-state index contributed by atoms with van der Waals surface area (Å²) >= 11 is 0. The molecule has 1 fully saturated rings. The van der Waals surface area contributed by atoms with Crippen LogP contribution in [0.4, 0.5) is 13.2 Å². The van der Waals surface area contributed by atoms with Gasteiger partial charge in [-0.2, -0.15) is 13.2 Å².